The van der Waals surface area contributed by atoms with Gasteiger partial charge in [-0.1, -0.05) is 18.2 Å². The minimum absolute atomic E-state index is 0.0166. The van der Waals surface area contributed by atoms with Crippen LogP contribution in [-0.4, -0.2) is 25.2 Å². The van der Waals surface area contributed by atoms with E-state index < -0.39 is 0 Å². The Balaban J connectivity index is 1.56. The highest BCUT2D eigenvalue weighted by Crippen LogP contribution is 2.39. The van der Waals surface area contributed by atoms with E-state index in [4.69, 9.17) is 4.74 Å². The highest BCUT2D eigenvalue weighted by atomic mass is 32.1. The Bertz CT molecular complexity index is 799. The number of thiophene rings is 2. The van der Waals surface area contributed by atoms with E-state index in [2.05, 4.69) is 23.5 Å². The number of rotatable bonds is 3. The van der Waals surface area contributed by atoms with Gasteiger partial charge in [0.1, 0.15) is 0 Å². The van der Waals surface area contributed by atoms with Crippen molar-refractivity contribution < 1.29 is 9.53 Å². The fourth-order valence-corrected chi connectivity index (χ4v) is 5.15. The zero-order chi connectivity index (χ0) is 14.2. The Hall–Kier alpha value is -1.43. The van der Waals surface area contributed by atoms with Crippen LogP contribution in [0.25, 0.3) is 19.5 Å². The van der Waals surface area contributed by atoms with Crippen LogP contribution in [0.4, 0.5) is 0 Å². The van der Waals surface area contributed by atoms with Crippen molar-refractivity contribution >= 4 is 48.1 Å². The summed E-state index contributed by atoms with van der Waals surface area (Å²) in [5.41, 5.74) is 0. The number of carbonyl (C=O) groups excluding carboxylic acids is 1. The van der Waals surface area contributed by atoms with Crippen LogP contribution in [0.1, 0.15) is 22.5 Å². The van der Waals surface area contributed by atoms with Crippen molar-refractivity contribution in [2.24, 2.45) is 0 Å². The lowest BCUT2D eigenvalue weighted by molar-refractivity contribution is 0.0861. The molecule has 1 aliphatic heterocycles. The average molecular weight is 317 g/mol. The maximum absolute atomic E-state index is 12.3. The molecule has 1 aliphatic rings. The predicted octanol–water partition coefficient (Wildman–Crippen LogP) is 4.02. The minimum Gasteiger partial charge on any atom is -0.376 e. The Labute approximate surface area is 130 Å². The standard InChI is InChI=1S/C16H15NO2S2/c18-16(17-9-10-4-3-7-19-10)14-8-13-15(21-14)11-5-1-2-6-12(11)20-13/h1-2,5-6,8,10H,3-4,7,9H2,(H,17,18)/t10-/m1/s1. The van der Waals surface area contributed by atoms with Gasteiger partial charge in [0.2, 0.25) is 0 Å². The number of carbonyl (C=O) groups is 1. The number of hydrogen-bond donors (Lipinski definition) is 1. The molecular weight excluding hydrogens is 302 g/mol. The van der Waals surface area contributed by atoms with Crippen LogP contribution in [0.5, 0.6) is 0 Å². The first-order valence-corrected chi connectivity index (χ1v) is 8.75. The second-order valence-corrected chi connectivity index (χ2v) is 7.38. The van der Waals surface area contributed by atoms with Crippen molar-refractivity contribution in [1.29, 1.82) is 0 Å². The van der Waals surface area contributed by atoms with Crippen molar-refractivity contribution in [3.8, 4) is 0 Å². The van der Waals surface area contributed by atoms with Crippen LogP contribution in [0, 0.1) is 0 Å². The molecule has 1 amide bonds. The summed E-state index contributed by atoms with van der Waals surface area (Å²) in [6.45, 7) is 1.44. The molecule has 0 aliphatic carbocycles. The second-order valence-electron chi connectivity index (χ2n) is 5.25. The van der Waals surface area contributed by atoms with E-state index in [1.165, 1.54) is 19.5 Å². The van der Waals surface area contributed by atoms with Crippen molar-refractivity contribution in [2.75, 3.05) is 13.2 Å². The maximum atomic E-state index is 12.3. The highest BCUT2D eigenvalue weighted by molar-refractivity contribution is 7.33. The summed E-state index contributed by atoms with van der Waals surface area (Å²) in [6.07, 6.45) is 2.34. The molecule has 1 N–H and O–H groups in total. The monoisotopic (exact) mass is 317 g/mol. The van der Waals surface area contributed by atoms with Crippen molar-refractivity contribution in [2.45, 2.75) is 18.9 Å². The van der Waals surface area contributed by atoms with Gasteiger partial charge >= 0.3 is 0 Å². The second kappa shape index (κ2) is 5.40. The highest BCUT2D eigenvalue weighted by Gasteiger charge is 2.18. The third-order valence-corrected chi connectivity index (χ3v) is 6.20. The molecule has 1 atom stereocenters. The van der Waals surface area contributed by atoms with E-state index in [1.807, 2.05) is 12.1 Å². The number of fused-ring (bicyclic) bond motifs is 3. The largest absolute Gasteiger partial charge is 0.376 e. The lowest BCUT2D eigenvalue weighted by Gasteiger charge is -2.09. The lowest BCUT2D eigenvalue weighted by Crippen LogP contribution is -2.31. The van der Waals surface area contributed by atoms with Gasteiger partial charge in [0, 0.05) is 27.9 Å². The van der Waals surface area contributed by atoms with Crippen molar-refractivity contribution in [1.82, 2.24) is 5.32 Å². The molecular formula is C16H15NO2S2. The van der Waals surface area contributed by atoms with Crippen molar-refractivity contribution in [3.63, 3.8) is 0 Å². The molecule has 3 heterocycles. The van der Waals surface area contributed by atoms with Gasteiger partial charge in [0.15, 0.2) is 0 Å². The first kappa shape index (κ1) is 13.2. The van der Waals surface area contributed by atoms with Gasteiger partial charge in [-0.2, -0.15) is 0 Å². The summed E-state index contributed by atoms with van der Waals surface area (Å²) in [6, 6.07) is 10.4. The van der Waals surface area contributed by atoms with Crippen LogP contribution < -0.4 is 5.32 Å². The molecule has 3 aromatic rings. The summed E-state index contributed by atoms with van der Waals surface area (Å²) >= 11 is 3.33. The molecule has 0 unspecified atom stereocenters. The fourth-order valence-electron chi connectivity index (χ4n) is 2.71. The Morgan fingerprint density at radius 1 is 1.29 bits per heavy atom. The first-order valence-electron chi connectivity index (χ1n) is 7.12. The average Bonchev–Trinajstić information content (AvgIpc) is 3.20. The molecule has 4 rings (SSSR count). The van der Waals surface area contributed by atoms with Gasteiger partial charge in [-0.15, -0.1) is 22.7 Å². The van der Waals surface area contributed by atoms with E-state index in [0.717, 1.165) is 24.3 Å². The predicted molar refractivity (Wildman–Crippen MR) is 88.5 cm³/mol. The van der Waals surface area contributed by atoms with Crippen LogP contribution in [0.15, 0.2) is 30.3 Å². The number of nitrogens with one attached hydrogen (secondary N) is 1. The van der Waals surface area contributed by atoms with E-state index >= 15 is 0 Å². The smallest absolute Gasteiger partial charge is 0.261 e. The summed E-state index contributed by atoms with van der Waals surface area (Å²) in [5.74, 6) is 0.0166. The van der Waals surface area contributed by atoms with E-state index in [1.54, 1.807) is 22.7 Å². The molecule has 1 fully saturated rings. The number of ether oxygens (including phenoxy) is 1. The summed E-state index contributed by atoms with van der Waals surface area (Å²) in [5, 5.41) is 4.24. The molecule has 5 heteroatoms. The molecule has 0 spiro atoms. The van der Waals surface area contributed by atoms with Crippen LogP contribution in [0.2, 0.25) is 0 Å². The minimum atomic E-state index is 0.0166. The van der Waals surface area contributed by atoms with E-state index in [9.17, 15) is 4.79 Å². The number of benzene rings is 1. The first-order chi connectivity index (χ1) is 10.3. The molecule has 0 radical (unpaired) electrons. The van der Waals surface area contributed by atoms with E-state index in [0.29, 0.717) is 6.54 Å². The van der Waals surface area contributed by atoms with Gasteiger partial charge < -0.3 is 10.1 Å². The number of amides is 1. The SMILES string of the molecule is O=C(NC[C@H]1CCCO1)c1cc2sc3ccccc3c2s1. The molecule has 108 valence electrons. The zero-order valence-electron chi connectivity index (χ0n) is 11.4. The van der Waals surface area contributed by atoms with Gasteiger partial charge in [-0.25, -0.2) is 0 Å². The number of hydrogen-bond acceptors (Lipinski definition) is 4. The fraction of sp³-hybridized carbons (Fsp3) is 0.312. The summed E-state index contributed by atoms with van der Waals surface area (Å²) in [4.78, 5) is 13.0. The lowest BCUT2D eigenvalue weighted by atomic mass is 10.2. The Morgan fingerprint density at radius 2 is 2.19 bits per heavy atom. The van der Waals surface area contributed by atoms with Crippen LogP contribution in [0.3, 0.4) is 0 Å². The Morgan fingerprint density at radius 3 is 3.05 bits per heavy atom. The topological polar surface area (TPSA) is 38.3 Å². The van der Waals surface area contributed by atoms with Gasteiger partial charge in [-0.3, -0.25) is 4.79 Å². The summed E-state index contributed by atoms with van der Waals surface area (Å²) in [7, 11) is 0. The van der Waals surface area contributed by atoms with Crippen LogP contribution >= 0.6 is 22.7 Å². The molecule has 3 nitrogen and oxygen atoms in total. The molecule has 0 saturated carbocycles. The molecule has 0 bridgehead atoms. The van der Waals surface area contributed by atoms with Gasteiger partial charge in [-0.05, 0) is 25.0 Å². The van der Waals surface area contributed by atoms with Gasteiger partial charge in [0.25, 0.3) is 5.91 Å². The van der Waals surface area contributed by atoms with E-state index in [-0.39, 0.29) is 12.0 Å². The van der Waals surface area contributed by atoms with Crippen molar-refractivity contribution in [3.05, 3.63) is 35.2 Å². The molecule has 2 aromatic heterocycles. The zero-order valence-corrected chi connectivity index (χ0v) is 13.1. The normalized spacial score (nSPS) is 18.6. The third kappa shape index (κ3) is 2.46. The molecule has 21 heavy (non-hydrogen) atoms. The quantitative estimate of drug-likeness (QED) is 0.792. The third-order valence-electron chi connectivity index (χ3n) is 3.79. The van der Waals surface area contributed by atoms with Crippen LogP contribution in [-0.2, 0) is 4.74 Å². The van der Waals surface area contributed by atoms with Gasteiger partial charge in [0.05, 0.1) is 15.7 Å². The summed E-state index contributed by atoms with van der Waals surface area (Å²) < 4.78 is 9.23. The molecule has 1 saturated heterocycles. The maximum Gasteiger partial charge on any atom is 0.261 e. The molecule has 1 aromatic carbocycles. The Kier molecular flexibility index (Phi) is 3.41.